The summed E-state index contributed by atoms with van der Waals surface area (Å²) < 4.78 is 0. The third kappa shape index (κ3) is 6.03. The number of benzene rings is 3. The summed E-state index contributed by atoms with van der Waals surface area (Å²) in [5, 5.41) is 2.02. The van der Waals surface area contributed by atoms with Gasteiger partial charge in [-0.3, -0.25) is 14.5 Å². The predicted molar refractivity (Wildman–Crippen MR) is 138 cm³/mol. The monoisotopic (exact) mass is 457 g/mol. The standard InChI is InChI=1S/C29H35N3O2/c1-23(2)21-32(29(34)27-14-8-12-25-11-6-7-13-26(25)27)16-15-28(33)31-19-17-30(18-20-31)22-24-9-4-3-5-10-24/h3-14,23H,15-22H2,1-2H3. The van der Waals surface area contributed by atoms with Crippen LogP contribution in [-0.4, -0.2) is 65.8 Å². The highest BCUT2D eigenvalue weighted by Crippen LogP contribution is 2.21. The van der Waals surface area contributed by atoms with Crippen LogP contribution in [0.5, 0.6) is 0 Å². The zero-order chi connectivity index (χ0) is 23.9. The maximum Gasteiger partial charge on any atom is 0.254 e. The number of amides is 2. The molecule has 4 rings (SSSR count). The smallest absolute Gasteiger partial charge is 0.254 e. The largest absolute Gasteiger partial charge is 0.340 e. The Bertz CT molecular complexity index is 1100. The van der Waals surface area contributed by atoms with Gasteiger partial charge in [0.25, 0.3) is 5.91 Å². The summed E-state index contributed by atoms with van der Waals surface area (Å²) in [5.74, 6) is 0.473. The number of piperazine rings is 1. The summed E-state index contributed by atoms with van der Waals surface area (Å²) in [7, 11) is 0. The first kappa shape index (κ1) is 24.0. The number of carbonyl (C=O) groups excluding carboxylic acids is 2. The van der Waals surface area contributed by atoms with Gasteiger partial charge in [-0.1, -0.05) is 80.6 Å². The Morgan fingerprint density at radius 3 is 2.26 bits per heavy atom. The number of hydrogen-bond donors (Lipinski definition) is 0. The van der Waals surface area contributed by atoms with E-state index in [-0.39, 0.29) is 11.8 Å². The average Bonchev–Trinajstić information content (AvgIpc) is 2.86. The van der Waals surface area contributed by atoms with E-state index in [9.17, 15) is 9.59 Å². The normalized spacial score (nSPS) is 14.5. The lowest BCUT2D eigenvalue weighted by Crippen LogP contribution is -2.49. The van der Waals surface area contributed by atoms with E-state index in [1.165, 1.54) is 5.56 Å². The maximum atomic E-state index is 13.5. The number of hydrogen-bond acceptors (Lipinski definition) is 3. The van der Waals surface area contributed by atoms with Crippen LogP contribution in [0.2, 0.25) is 0 Å². The van der Waals surface area contributed by atoms with Crippen molar-refractivity contribution in [2.75, 3.05) is 39.3 Å². The van der Waals surface area contributed by atoms with Crippen LogP contribution in [0.1, 0.15) is 36.2 Å². The first-order chi connectivity index (χ1) is 16.5. The van der Waals surface area contributed by atoms with Gasteiger partial charge in [0.15, 0.2) is 0 Å². The molecule has 3 aromatic carbocycles. The van der Waals surface area contributed by atoms with Gasteiger partial charge in [0.2, 0.25) is 5.91 Å². The van der Waals surface area contributed by atoms with E-state index >= 15 is 0 Å². The van der Waals surface area contributed by atoms with Gasteiger partial charge in [-0.25, -0.2) is 0 Å². The molecule has 34 heavy (non-hydrogen) atoms. The summed E-state index contributed by atoms with van der Waals surface area (Å²) in [6.07, 6.45) is 0.363. The second-order valence-corrected chi connectivity index (χ2v) is 9.56. The number of fused-ring (bicyclic) bond motifs is 1. The summed E-state index contributed by atoms with van der Waals surface area (Å²) in [4.78, 5) is 32.7. The van der Waals surface area contributed by atoms with Gasteiger partial charge in [-0.2, -0.15) is 0 Å². The third-order valence-electron chi connectivity index (χ3n) is 6.46. The Balaban J connectivity index is 1.35. The lowest BCUT2D eigenvalue weighted by Gasteiger charge is -2.35. The van der Waals surface area contributed by atoms with Crippen molar-refractivity contribution in [2.45, 2.75) is 26.8 Å². The first-order valence-corrected chi connectivity index (χ1v) is 12.3. The number of rotatable bonds is 8. The molecular formula is C29H35N3O2. The maximum absolute atomic E-state index is 13.5. The second kappa shape index (κ2) is 11.3. The summed E-state index contributed by atoms with van der Waals surface area (Å²) in [5.41, 5.74) is 2.01. The van der Waals surface area contributed by atoms with Crippen molar-refractivity contribution in [3.05, 3.63) is 83.9 Å². The molecule has 2 amide bonds. The highest BCUT2D eigenvalue weighted by atomic mass is 16.2. The van der Waals surface area contributed by atoms with Crippen LogP contribution in [0.25, 0.3) is 10.8 Å². The fraction of sp³-hybridized carbons (Fsp3) is 0.379. The van der Waals surface area contributed by atoms with Crippen LogP contribution >= 0.6 is 0 Å². The SMILES string of the molecule is CC(C)CN(CCC(=O)N1CCN(Cc2ccccc2)CC1)C(=O)c1cccc2ccccc12. The molecule has 3 aromatic rings. The van der Waals surface area contributed by atoms with E-state index < -0.39 is 0 Å². The highest BCUT2D eigenvalue weighted by Gasteiger charge is 2.24. The van der Waals surface area contributed by atoms with Gasteiger partial charge in [-0.05, 0) is 28.3 Å². The second-order valence-electron chi connectivity index (χ2n) is 9.56. The number of carbonyl (C=O) groups is 2. The minimum atomic E-state index is 0.00554. The molecule has 0 aromatic heterocycles. The molecule has 0 bridgehead atoms. The lowest BCUT2D eigenvalue weighted by molar-refractivity contribution is -0.133. The van der Waals surface area contributed by atoms with Gasteiger partial charge in [-0.15, -0.1) is 0 Å². The summed E-state index contributed by atoms with van der Waals surface area (Å²) in [6, 6.07) is 24.3. The Hall–Kier alpha value is -3.18. The molecule has 0 N–H and O–H groups in total. The minimum Gasteiger partial charge on any atom is -0.340 e. The van der Waals surface area contributed by atoms with E-state index in [0.717, 1.165) is 43.5 Å². The zero-order valence-electron chi connectivity index (χ0n) is 20.3. The van der Waals surface area contributed by atoms with Crippen LogP contribution in [-0.2, 0) is 11.3 Å². The molecule has 0 atom stereocenters. The van der Waals surface area contributed by atoms with Crippen molar-refractivity contribution in [3.63, 3.8) is 0 Å². The summed E-state index contributed by atoms with van der Waals surface area (Å²) >= 11 is 0. The molecule has 0 saturated carbocycles. The van der Waals surface area contributed by atoms with E-state index in [4.69, 9.17) is 0 Å². The Kier molecular flexibility index (Phi) is 7.96. The minimum absolute atomic E-state index is 0.00554. The van der Waals surface area contributed by atoms with Crippen LogP contribution in [0.3, 0.4) is 0 Å². The molecule has 1 saturated heterocycles. The van der Waals surface area contributed by atoms with Crippen LogP contribution in [0.4, 0.5) is 0 Å². The van der Waals surface area contributed by atoms with Gasteiger partial charge in [0.1, 0.15) is 0 Å². The fourth-order valence-electron chi connectivity index (χ4n) is 4.68. The number of nitrogens with zero attached hydrogens (tertiary/aromatic N) is 3. The van der Waals surface area contributed by atoms with Crippen molar-refractivity contribution in [1.29, 1.82) is 0 Å². The quantitative estimate of drug-likeness (QED) is 0.494. The molecule has 0 aliphatic carbocycles. The molecule has 1 fully saturated rings. The molecule has 1 aliphatic heterocycles. The van der Waals surface area contributed by atoms with Crippen LogP contribution < -0.4 is 0 Å². The van der Waals surface area contributed by atoms with Crippen molar-refractivity contribution < 1.29 is 9.59 Å². The molecular weight excluding hydrogens is 422 g/mol. The first-order valence-electron chi connectivity index (χ1n) is 12.3. The lowest BCUT2D eigenvalue weighted by atomic mass is 10.0. The summed E-state index contributed by atoms with van der Waals surface area (Å²) in [6.45, 7) is 9.47. The third-order valence-corrected chi connectivity index (χ3v) is 6.46. The van der Waals surface area contributed by atoms with Crippen molar-refractivity contribution in [3.8, 4) is 0 Å². The molecule has 0 spiro atoms. The molecule has 0 unspecified atom stereocenters. The van der Waals surface area contributed by atoms with Gasteiger partial charge >= 0.3 is 0 Å². The van der Waals surface area contributed by atoms with Crippen molar-refractivity contribution in [1.82, 2.24) is 14.7 Å². The van der Waals surface area contributed by atoms with Gasteiger partial charge in [0.05, 0.1) is 0 Å². The van der Waals surface area contributed by atoms with E-state index in [1.807, 2.05) is 58.3 Å². The van der Waals surface area contributed by atoms with E-state index in [0.29, 0.717) is 31.0 Å². The van der Waals surface area contributed by atoms with Gasteiger partial charge < -0.3 is 9.80 Å². The fourth-order valence-corrected chi connectivity index (χ4v) is 4.68. The molecule has 0 radical (unpaired) electrons. The highest BCUT2D eigenvalue weighted by molar-refractivity contribution is 6.07. The molecule has 5 nitrogen and oxygen atoms in total. The molecule has 1 heterocycles. The average molecular weight is 458 g/mol. The Labute approximate surface area is 203 Å². The molecule has 5 heteroatoms. The Morgan fingerprint density at radius 2 is 1.53 bits per heavy atom. The zero-order valence-corrected chi connectivity index (χ0v) is 20.3. The van der Waals surface area contributed by atoms with Crippen LogP contribution in [0, 0.1) is 5.92 Å². The van der Waals surface area contributed by atoms with Crippen molar-refractivity contribution in [2.24, 2.45) is 5.92 Å². The Morgan fingerprint density at radius 1 is 0.853 bits per heavy atom. The van der Waals surface area contributed by atoms with E-state index in [1.54, 1.807) is 0 Å². The topological polar surface area (TPSA) is 43.9 Å². The van der Waals surface area contributed by atoms with Crippen molar-refractivity contribution >= 4 is 22.6 Å². The van der Waals surface area contributed by atoms with Crippen LogP contribution in [0.15, 0.2) is 72.8 Å². The predicted octanol–water partition coefficient (Wildman–Crippen LogP) is 4.67. The van der Waals surface area contributed by atoms with Gasteiger partial charge in [0, 0.05) is 57.8 Å². The molecule has 178 valence electrons. The molecule has 1 aliphatic rings. The van der Waals surface area contributed by atoms with E-state index in [2.05, 4.69) is 43.0 Å².